The molecule has 1 fully saturated rings. The molecule has 1 unspecified atom stereocenters. The van der Waals surface area contributed by atoms with E-state index in [0.29, 0.717) is 34.8 Å². The van der Waals surface area contributed by atoms with E-state index in [1.165, 1.54) is 17.6 Å². The third-order valence-corrected chi connectivity index (χ3v) is 7.13. The van der Waals surface area contributed by atoms with Crippen molar-refractivity contribution in [1.29, 1.82) is 0 Å². The molecule has 2 aromatic heterocycles. The van der Waals surface area contributed by atoms with E-state index >= 15 is 0 Å². The van der Waals surface area contributed by atoms with Crippen LogP contribution in [0.4, 0.5) is 0 Å². The van der Waals surface area contributed by atoms with Gasteiger partial charge in [-0.15, -0.1) is 0 Å². The third-order valence-electron chi connectivity index (χ3n) is 6.81. The normalized spacial score (nSPS) is 17.3. The van der Waals surface area contributed by atoms with Crippen molar-refractivity contribution in [3.63, 3.8) is 0 Å². The summed E-state index contributed by atoms with van der Waals surface area (Å²) in [5.41, 5.74) is 2.07. The highest BCUT2D eigenvalue weighted by Gasteiger charge is 2.33. The number of halogens is 1. The van der Waals surface area contributed by atoms with Crippen LogP contribution in [-0.2, 0) is 4.79 Å². The minimum atomic E-state index is -0.496. The molecule has 0 spiro atoms. The van der Waals surface area contributed by atoms with Crippen molar-refractivity contribution in [2.75, 3.05) is 13.1 Å². The van der Waals surface area contributed by atoms with Crippen LogP contribution in [-0.4, -0.2) is 57.3 Å². The second-order valence-corrected chi connectivity index (χ2v) is 9.67. The molecule has 194 valence electrons. The number of likely N-dealkylation sites (tertiary alicyclic amines) is 1. The minimum Gasteiger partial charge on any atom is -0.360 e. The van der Waals surface area contributed by atoms with E-state index in [0.717, 1.165) is 10.9 Å². The summed E-state index contributed by atoms with van der Waals surface area (Å²) in [6.45, 7) is 2.23. The molecule has 5 rings (SSSR count). The van der Waals surface area contributed by atoms with E-state index in [9.17, 15) is 19.2 Å². The highest BCUT2D eigenvalue weighted by atomic mass is 35.5. The number of hydrogen-bond acceptors (Lipinski definition) is 4. The Morgan fingerprint density at radius 2 is 1.66 bits per heavy atom. The third kappa shape index (κ3) is 5.19. The maximum absolute atomic E-state index is 13.1. The highest BCUT2D eigenvalue weighted by Crippen LogP contribution is 2.24. The molecule has 10 heteroatoms. The van der Waals surface area contributed by atoms with Gasteiger partial charge in [0.25, 0.3) is 17.4 Å². The number of amides is 3. The minimum absolute atomic E-state index is 0.0965. The van der Waals surface area contributed by atoms with Gasteiger partial charge in [-0.3, -0.25) is 23.7 Å². The molecule has 0 bridgehead atoms. The van der Waals surface area contributed by atoms with Crippen LogP contribution in [0.25, 0.3) is 16.6 Å². The van der Waals surface area contributed by atoms with E-state index in [4.69, 9.17) is 11.6 Å². The Kier molecular flexibility index (Phi) is 7.02. The summed E-state index contributed by atoms with van der Waals surface area (Å²) >= 11 is 6.14. The number of carbonyl (C=O) groups is 3. The van der Waals surface area contributed by atoms with Gasteiger partial charge in [0, 0.05) is 66.2 Å². The Balaban J connectivity index is 1.32. The maximum Gasteiger partial charge on any atom is 0.255 e. The molecule has 38 heavy (non-hydrogen) atoms. The molecule has 9 nitrogen and oxygen atoms in total. The first kappa shape index (κ1) is 25.3. The maximum atomic E-state index is 13.1. The van der Waals surface area contributed by atoms with E-state index in [-0.39, 0.29) is 35.9 Å². The molecule has 0 radical (unpaired) electrons. The lowest BCUT2D eigenvalue weighted by atomic mass is 9.97. The first-order valence-corrected chi connectivity index (χ1v) is 12.6. The smallest absolute Gasteiger partial charge is 0.255 e. The summed E-state index contributed by atoms with van der Waals surface area (Å²) in [4.78, 5) is 55.1. The zero-order valence-electron chi connectivity index (χ0n) is 20.6. The fraction of sp³-hybridized carbons (Fsp3) is 0.214. The molecule has 3 N–H and O–H groups in total. The number of nitrogens with one attached hydrogen (secondary N) is 3. The lowest BCUT2D eigenvalue weighted by molar-refractivity contribution is -0.130. The first-order chi connectivity index (χ1) is 18.3. The van der Waals surface area contributed by atoms with Crippen LogP contribution in [0.3, 0.4) is 0 Å². The summed E-state index contributed by atoms with van der Waals surface area (Å²) in [5, 5.41) is 7.43. The number of piperidine rings is 1. The van der Waals surface area contributed by atoms with E-state index in [1.54, 1.807) is 71.9 Å². The van der Waals surface area contributed by atoms with Crippen LogP contribution < -0.4 is 16.2 Å². The van der Waals surface area contributed by atoms with Crippen molar-refractivity contribution in [3.05, 3.63) is 99.6 Å². The summed E-state index contributed by atoms with van der Waals surface area (Å²) in [6.07, 6.45) is 3.82. The molecule has 4 aromatic rings. The first-order valence-electron chi connectivity index (χ1n) is 12.2. The quantitative estimate of drug-likeness (QED) is 0.367. The fourth-order valence-electron chi connectivity index (χ4n) is 4.71. The average molecular weight is 532 g/mol. The Bertz CT molecular complexity index is 1580. The molecule has 3 amide bonds. The van der Waals surface area contributed by atoms with Gasteiger partial charge in [0.05, 0.1) is 17.1 Å². The highest BCUT2D eigenvalue weighted by molar-refractivity contribution is 6.35. The van der Waals surface area contributed by atoms with Crippen molar-refractivity contribution < 1.29 is 14.4 Å². The molecule has 1 aliphatic heterocycles. The largest absolute Gasteiger partial charge is 0.360 e. The van der Waals surface area contributed by atoms with Crippen LogP contribution in [0.2, 0.25) is 5.02 Å². The molecular weight excluding hydrogens is 506 g/mol. The molecule has 2 atom stereocenters. The molecule has 0 aliphatic carbocycles. The number of carbonyl (C=O) groups excluding carboxylic acids is 3. The number of aromatic amines is 1. The number of H-pyrrole nitrogens is 1. The molecule has 0 saturated carbocycles. The van der Waals surface area contributed by atoms with Gasteiger partial charge < -0.3 is 20.5 Å². The molecule has 2 aromatic carbocycles. The predicted molar refractivity (Wildman–Crippen MR) is 145 cm³/mol. The van der Waals surface area contributed by atoms with E-state index in [1.807, 2.05) is 0 Å². The number of benzene rings is 2. The number of pyridine rings is 1. The van der Waals surface area contributed by atoms with Crippen LogP contribution >= 0.6 is 11.6 Å². The predicted octanol–water partition coefficient (Wildman–Crippen LogP) is 3.12. The summed E-state index contributed by atoms with van der Waals surface area (Å²) in [7, 11) is 0. The summed E-state index contributed by atoms with van der Waals surface area (Å²) in [5.74, 6) is -0.717. The van der Waals surface area contributed by atoms with Crippen LogP contribution in [0.1, 0.15) is 34.1 Å². The van der Waals surface area contributed by atoms with Gasteiger partial charge in [0.2, 0.25) is 5.91 Å². The standard InChI is InChI=1S/C28H26ClN5O4/c1-17(35)33-13-11-23(31-28(38)19-7-10-21-22(29)15-30-24(21)14-19)25(16-33)32-27(37)18-5-8-20(9-6-18)34-12-3-2-4-26(34)36/h2-10,12,14-15,23,25,30H,11,13,16H2,1H3,(H,31,38)(H,32,37)/t23-,25?/m1/s1. The Morgan fingerprint density at radius 3 is 2.39 bits per heavy atom. The summed E-state index contributed by atoms with van der Waals surface area (Å²) < 4.78 is 1.48. The van der Waals surface area contributed by atoms with Crippen molar-refractivity contribution in [2.45, 2.75) is 25.4 Å². The van der Waals surface area contributed by atoms with Crippen LogP contribution in [0, 0.1) is 0 Å². The number of rotatable bonds is 5. The average Bonchev–Trinajstić information content (AvgIpc) is 3.29. The fourth-order valence-corrected chi connectivity index (χ4v) is 4.93. The number of nitrogens with zero attached hydrogens (tertiary/aromatic N) is 2. The van der Waals surface area contributed by atoms with E-state index in [2.05, 4.69) is 15.6 Å². The number of aromatic nitrogens is 2. The second-order valence-electron chi connectivity index (χ2n) is 9.27. The van der Waals surface area contributed by atoms with Crippen molar-refractivity contribution in [3.8, 4) is 5.69 Å². The SMILES string of the molecule is CC(=O)N1CC[C@@H](NC(=O)c2ccc3c(Cl)c[nH]c3c2)C(NC(=O)c2ccc(-n3ccccc3=O)cc2)C1. The zero-order valence-corrected chi connectivity index (χ0v) is 21.4. The molecule has 1 aliphatic rings. The summed E-state index contributed by atoms with van der Waals surface area (Å²) in [6, 6.07) is 15.9. The molecule has 3 heterocycles. The van der Waals surface area contributed by atoms with Crippen molar-refractivity contribution >= 4 is 40.2 Å². The van der Waals surface area contributed by atoms with Gasteiger partial charge in [0.1, 0.15) is 0 Å². The molecular formula is C28H26ClN5O4. The topological polar surface area (TPSA) is 116 Å². The Hall–Kier alpha value is -4.37. The van der Waals surface area contributed by atoms with Crippen molar-refractivity contribution in [2.24, 2.45) is 0 Å². The Labute approximate surface area is 223 Å². The molecule has 1 saturated heterocycles. The lowest BCUT2D eigenvalue weighted by Crippen LogP contribution is -2.61. The number of fused-ring (bicyclic) bond motifs is 1. The Morgan fingerprint density at radius 1 is 0.947 bits per heavy atom. The van der Waals surface area contributed by atoms with Gasteiger partial charge in [-0.1, -0.05) is 23.7 Å². The van der Waals surface area contributed by atoms with Gasteiger partial charge in [0.15, 0.2) is 0 Å². The van der Waals surface area contributed by atoms with Gasteiger partial charge >= 0.3 is 0 Å². The van der Waals surface area contributed by atoms with E-state index < -0.39 is 6.04 Å². The van der Waals surface area contributed by atoms with Crippen LogP contribution in [0.15, 0.2) is 77.9 Å². The van der Waals surface area contributed by atoms with Gasteiger partial charge in [-0.2, -0.15) is 0 Å². The monoisotopic (exact) mass is 531 g/mol. The lowest BCUT2D eigenvalue weighted by Gasteiger charge is -2.39. The van der Waals surface area contributed by atoms with Crippen LogP contribution in [0.5, 0.6) is 0 Å². The zero-order chi connectivity index (χ0) is 26.8. The van der Waals surface area contributed by atoms with Gasteiger partial charge in [-0.05, 0) is 48.9 Å². The second kappa shape index (κ2) is 10.5. The number of hydrogen-bond donors (Lipinski definition) is 3. The van der Waals surface area contributed by atoms with Crippen molar-refractivity contribution in [1.82, 2.24) is 25.1 Å². The van der Waals surface area contributed by atoms with Gasteiger partial charge in [-0.25, -0.2) is 0 Å².